The van der Waals surface area contributed by atoms with Crippen LogP contribution >= 0.6 is 0 Å². The Morgan fingerprint density at radius 3 is 3.05 bits per heavy atom. The molecule has 19 heavy (non-hydrogen) atoms. The summed E-state index contributed by atoms with van der Waals surface area (Å²) in [4.78, 5) is 12.9. The smallest absolute Gasteiger partial charge is 0.303 e. The number of carbonyl (C=O) groups is 1. The number of benzene rings is 1. The molecule has 4 heteroatoms. The number of nitrogens with zero attached hydrogens (tertiary/aromatic N) is 1. The van der Waals surface area contributed by atoms with Gasteiger partial charge < -0.3 is 10.0 Å². The zero-order valence-electron chi connectivity index (χ0n) is 11.0. The number of carboxylic acids is 1. The fraction of sp³-hybridized carbons (Fsp3) is 0.533. The van der Waals surface area contributed by atoms with Gasteiger partial charge in [0.25, 0.3) is 0 Å². The molecule has 3 nitrogen and oxygen atoms in total. The molecule has 1 aromatic rings. The van der Waals surface area contributed by atoms with Crippen molar-refractivity contribution in [2.45, 2.75) is 38.1 Å². The van der Waals surface area contributed by atoms with E-state index in [0.29, 0.717) is 12.5 Å². The molecule has 1 fully saturated rings. The molecule has 1 aliphatic heterocycles. The quantitative estimate of drug-likeness (QED) is 0.859. The molecule has 0 amide bonds. The van der Waals surface area contributed by atoms with E-state index in [0.717, 1.165) is 37.9 Å². The predicted molar refractivity (Wildman–Crippen MR) is 71.6 cm³/mol. The van der Waals surface area contributed by atoms with E-state index in [2.05, 4.69) is 4.90 Å². The number of rotatable bonds is 6. The summed E-state index contributed by atoms with van der Waals surface area (Å²) in [7, 11) is 0. The molecule has 1 aliphatic rings. The summed E-state index contributed by atoms with van der Waals surface area (Å²) >= 11 is 0. The van der Waals surface area contributed by atoms with Crippen LogP contribution in [0, 0.1) is 5.82 Å². The highest BCUT2D eigenvalue weighted by Crippen LogP contribution is 2.21. The van der Waals surface area contributed by atoms with Crippen LogP contribution in [0.1, 0.15) is 31.2 Å². The van der Waals surface area contributed by atoms with Gasteiger partial charge in [-0.15, -0.1) is 0 Å². The van der Waals surface area contributed by atoms with Gasteiger partial charge in [0.2, 0.25) is 0 Å². The van der Waals surface area contributed by atoms with Crippen LogP contribution in [-0.2, 0) is 11.2 Å². The number of carboxylic acid groups (broad SMARTS) is 1. The number of likely N-dealkylation sites (tertiary alicyclic amines) is 1. The highest BCUT2D eigenvalue weighted by atomic mass is 19.1. The molecule has 2 rings (SSSR count). The van der Waals surface area contributed by atoms with Crippen LogP contribution < -0.4 is 0 Å². The molecule has 1 aromatic carbocycles. The van der Waals surface area contributed by atoms with Gasteiger partial charge >= 0.3 is 5.97 Å². The summed E-state index contributed by atoms with van der Waals surface area (Å²) < 4.78 is 13.2. The SMILES string of the molecule is O=C(O)CCCN1CCC[C@H]1Cc1cccc(F)c1. The van der Waals surface area contributed by atoms with E-state index in [-0.39, 0.29) is 12.2 Å². The second-order valence-corrected chi connectivity index (χ2v) is 5.16. The van der Waals surface area contributed by atoms with E-state index in [4.69, 9.17) is 5.11 Å². The third-order valence-corrected chi connectivity index (χ3v) is 3.70. The first kappa shape index (κ1) is 14.0. The summed E-state index contributed by atoms with van der Waals surface area (Å²) in [6.07, 6.45) is 4.03. The molecule has 0 bridgehead atoms. The van der Waals surface area contributed by atoms with Crippen molar-refractivity contribution < 1.29 is 14.3 Å². The van der Waals surface area contributed by atoms with Crippen molar-refractivity contribution in [3.05, 3.63) is 35.6 Å². The topological polar surface area (TPSA) is 40.5 Å². The highest BCUT2D eigenvalue weighted by Gasteiger charge is 2.24. The standard InChI is InChI=1S/C15H20FNO2/c16-13-5-1-4-12(10-13)11-14-6-2-8-17(14)9-3-7-15(18)19/h1,4-5,10,14H,2-3,6-9,11H2,(H,18,19)/t14-/m0/s1. The van der Waals surface area contributed by atoms with Crippen molar-refractivity contribution in [1.29, 1.82) is 0 Å². The first-order valence-electron chi connectivity index (χ1n) is 6.85. The van der Waals surface area contributed by atoms with Crippen LogP contribution in [-0.4, -0.2) is 35.1 Å². The molecule has 104 valence electrons. The number of hydrogen-bond donors (Lipinski definition) is 1. The second kappa shape index (κ2) is 6.66. The Labute approximate surface area is 113 Å². The lowest BCUT2D eigenvalue weighted by Gasteiger charge is -2.24. The van der Waals surface area contributed by atoms with Crippen LogP contribution in [0.2, 0.25) is 0 Å². The van der Waals surface area contributed by atoms with Crippen molar-refractivity contribution in [1.82, 2.24) is 4.90 Å². The van der Waals surface area contributed by atoms with Crippen LogP contribution in [0.3, 0.4) is 0 Å². The lowest BCUT2D eigenvalue weighted by Crippen LogP contribution is -2.32. The van der Waals surface area contributed by atoms with E-state index in [9.17, 15) is 9.18 Å². The first-order valence-corrected chi connectivity index (χ1v) is 6.85. The van der Waals surface area contributed by atoms with Gasteiger partial charge in [-0.05, 0) is 56.5 Å². The van der Waals surface area contributed by atoms with E-state index in [1.807, 2.05) is 6.07 Å². The molecule has 1 N–H and O–H groups in total. The zero-order valence-corrected chi connectivity index (χ0v) is 11.0. The largest absolute Gasteiger partial charge is 0.481 e. The van der Waals surface area contributed by atoms with E-state index in [1.54, 1.807) is 12.1 Å². The van der Waals surface area contributed by atoms with Crippen LogP contribution in [0.4, 0.5) is 4.39 Å². The fourth-order valence-corrected chi connectivity index (χ4v) is 2.79. The van der Waals surface area contributed by atoms with Gasteiger partial charge in [-0.3, -0.25) is 4.79 Å². The maximum Gasteiger partial charge on any atom is 0.303 e. The molecule has 0 saturated carbocycles. The number of hydrogen-bond acceptors (Lipinski definition) is 2. The van der Waals surface area contributed by atoms with E-state index < -0.39 is 5.97 Å². The van der Waals surface area contributed by atoms with Gasteiger partial charge in [0.15, 0.2) is 0 Å². The van der Waals surface area contributed by atoms with Crippen molar-refractivity contribution in [3.8, 4) is 0 Å². The molecule has 0 unspecified atom stereocenters. The molecule has 0 radical (unpaired) electrons. The molecular formula is C15H20FNO2. The Morgan fingerprint density at radius 1 is 1.47 bits per heavy atom. The van der Waals surface area contributed by atoms with Gasteiger partial charge in [0.05, 0.1) is 0 Å². The minimum Gasteiger partial charge on any atom is -0.481 e. The van der Waals surface area contributed by atoms with Gasteiger partial charge in [0, 0.05) is 12.5 Å². The third kappa shape index (κ3) is 4.31. The molecular weight excluding hydrogens is 245 g/mol. The molecule has 0 spiro atoms. The van der Waals surface area contributed by atoms with Crippen LogP contribution in [0.25, 0.3) is 0 Å². The Morgan fingerprint density at radius 2 is 2.32 bits per heavy atom. The van der Waals surface area contributed by atoms with Crippen molar-refractivity contribution in [2.75, 3.05) is 13.1 Å². The maximum atomic E-state index is 13.2. The second-order valence-electron chi connectivity index (χ2n) is 5.16. The Kier molecular flexibility index (Phi) is 4.91. The fourth-order valence-electron chi connectivity index (χ4n) is 2.79. The lowest BCUT2D eigenvalue weighted by atomic mass is 10.0. The summed E-state index contributed by atoms with van der Waals surface area (Å²) in [5.74, 6) is -0.922. The summed E-state index contributed by atoms with van der Waals surface area (Å²) in [6, 6.07) is 7.18. The Balaban J connectivity index is 1.86. The summed E-state index contributed by atoms with van der Waals surface area (Å²) in [5.41, 5.74) is 1.02. The average molecular weight is 265 g/mol. The molecule has 1 atom stereocenters. The van der Waals surface area contributed by atoms with Gasteiger partial charge in [0.1, 0.15) is 5.82 Å². The third-order valence-electron chi connectivity index (χ3n) is 3.70. The van der Waals surface area contributed by atoms with Gasteiger partial charge in [-0.2, -0.15) is 0 Å². The number of aliphatic carboxylic acids is 1. The summed E-state index contributed by atoms with van der Waals surface area (Å²) in [5, 5.41) is 8.66. The van der Waals surface area contributed by atoms with Gasteiger partial charge in [-0.25, -0.2) is 4.39 Å². The monoisotopic (exact) mass is 265 g/mol. The van der Waals surface area contributed by atoms with E-state index >= 15 is 0 Å². The predicted octanol–water partition coefficient (Wildman–Crippen LogP) is 2.70. The summed E-state index contributed by atoms with van der Waals surface area (Å²) in [6.45, 7) is 1.85. The van der Waals surface area contributed by atoms with E-state index in [1.165, 1.54) is 6.07 Å². The van der Waals surface area contributed by atoms with Crippen molar-refractivity contribution in [3.63, 3.8) is 0 Å². The molecule has 1 heterocycles. The maximum absolute atomic E-state index is 13.2. The van der Waals surface area contributed by atoms with Crippen molar-refractivity contribution in [2.24, 2.45) is 0 Å². The average Bonchev–Trinajstić information content (AvgIpc) is 2.76. The Hall–Kier alpha value is -1.42. The van der Waals surface area contributed by atoms with Gasteiger partial charge in [-0.1, -0.05) is 12.1 Å². The molecule has 1 saturated heterocycles. The molecule has 0 aromatic heterocycles. The van der Waals surface area contributed by atoms with Crippen LogP contribution in [0.5, 0.6) is 0 Å². The Bertz CT molecular complexity index is 436. The lowest BCUT2D eigenvalue weighted by molar-refractivity contribution is -0.137. The highest BCUT2D eigenvalue weighted by molar-refractivity contribution is 5.66. The normalized spacial score (nSPS) is 19.7. The minimum atomic E-state index is -0.735. The number of halogens is 1. The zero-order chi connectivity index (χ0) is 13.7. The first-order chi connectivity index (χ1) is 9.15. The minimum absolute atomic E-state index is 0.187. The van der Waals surface area contributed by atoms with Crippen molar-refractivity contribution >= 4 is 5.97 Å². The van der Waals surface area contributed by atoms with Crippen LogP contribution in [0.15, 0.2) is 24.3 Å². The molecule has 0 aliphatic carbocycles.